The van der Waals surface area contributed by atoms with Gasteiger partial charge in [-0.25, -0.2) is 0 Å². The molecule has 62 valence electrons. The highest BCUT2D eigenvalue weighted by Gasteiger charge is 2.25. The number of fused-ring (bicyclic) bond motifs is 2. The molecule has 1 heteroatoms. The van der Waals surface area contributed by atoms with E-state index in [4.69, 9.17) is 0 Å². The summed E-state index contributed by atoms with van der Waals surface area (Å²) in [6.07, 6.45) is 9.56. The first-order chi connectivity index (χ1) is 5.38. The van der Waals surface area contributed by atoms with Crippen molar-refractivity contribution in [3.8, 4) is 0 Å². The number of rotatable bonds is 1. The van der Waals surface area contributed by atoms with Crippen molar-refractivity contribution in [1.29, 1.82) is 0 Å². The van der Waals surface area contributed by atoms with E-state index in [1.165, 1.54) is 37.4 Å². The summed E-state index contributed by atoms with van der Waals surface area (Å²) in [6.45, 7) is 0. The third-order valence-corrected chi connectivity index (χ3v) is 3.91. The molecule has 0 aromatic heterocycles. The first-order valence-corrected chi connectivity index (χ1v) is 5.74. The molecular weight excluding hydrogens is 200 g/mol. The number of halogens is 1. The van der Waals surface area contributed by atoms with Gasteiger partial charge in [0.25, 0.3) is 0 Å². The van der Waals surface area contributed by atoms with Gasteiger partial charge in [-0.3, -0.25) is 0 Å². The number of hydrogen-bond donors (Lipinski definition) is 0. The highest BCUT2D eigenvalue weighted by molar-refractivity contribution is 9.09. The molecule has 0 aromatic rings. The molecule has 2 bridgehead atoms. The molecule has 0 radical (unpaired) electrons. The second-order valence-electron chi connectivity index (χ2n) is 3.97. The Morgan fingerprint density at radius 1 is 1.45 bits per heavy atom. The van der Waals surface area contributed by atoms with Crippen LogP contribution in [0.15, 0.2) is 11.6 Å². The van der Waals surface area contributed by atoms with Gasteiger partial charge in [-0.1, -0.05) is 27.6 Å². The van der Waals surface area contributed by atoms with E-state index in [0.717, 1.165) is 11.8 Å². The smallest absolute Gasteiger partial charge is 0.00628 e. The third kappa shape index (κ3) is 1.69. The predicted octanol–water partition coefficient (Wildman–Crippen LogP) is 3.52. The Morgan fingerprint density at radius 2 is 2.36 bits per heavy atom. The van der Waals surface area contributed by atoms with Crippen molar-refractivity contribution in [2.45, 2.75) is 32.1 Å². The molecule has 0 nitrogen and oxygen atoms in total. The van der Waals surface area contributed by atoms with Gasteiger partial charge in [0.15, 0.2) is 0 Å². The van der Waals surface area contributed by atoms with Gasteiger partial charge in [0.1, 0.15) is 0 Å². The van der Waals surface area contributed by atoms with Gasteiger partial charge in [-0.05, 0) is 43.9 Å². The maximum atomic E-state index is 3.59. The lowest BCUT2D eigenvalue weighted by Crippen LogP contribution is -2.20. The minimum absolute atomic E-state index is 0.945. The summed E-state index contributed by atoms with van der Waals surface area (Å²) in [5.41, 5.74) is 1.75. The number of hydrogen-bond acceptors (Lipinski definition) is 0. The fourth-order valence-corrected chi connectivity index (χ4v) is 2.98. The van der Waals surface area contributed by atoms with Gasteiger partial charge in [-0.2, -0.15) is 0 Å². The third-order valence-electron chi connectivity index (χ3n) is 2.99. The lowest BCUT2D eigenvalue weighted by atomic mass is 9.74. The summed E-state index contributed by atoms with van der Waals surface area (Å²) in [6, 6.07) is 0. The monoisotopic (exact) mass is 214 g/mol. The van der Waals surface area contributed by atoms with Crippen LogP contribution in [0.1, 0.15) is 32.1 Å². The maximum Gasteiger partial charge on any atom is 0.00628 e. The van der Waals surface area contributed by atoms with E-state index < -0.39 is 0 Å². The fourth-order valence-electron chi connectivity index (χ4n) is 2.49. The first kappa shape index (κ1) is 7.85. The fraction of sp³-hybridized carbons (Fsp3) is 0.800. The van der Waals surface area contributed by atoms with Gasteiger partial charge < -0.3 is 0 Å². The molecule has 0 spiro atoms. The quantitative estimate of drug-likeness (QED) is 0.463. The standard InChI is InChI=1S/C10H15Br/c11-7-10-5-8-2-1-3-9(4-8)6-10/h2,9-10H,1,3-7H2. The average Bonchev–Trinajstić information content (AvgIpc) is 2.03. The van der Waals surface area contributed by atoms with Crippen molar-refractivity contribution in [2.24, 2.45) is 11.8 Å². The molecule has 2 aliphatic rings. The van der Waals surface area contributed by atoms with Gasteiger partial charge in [0, 0.05) is 5.33 Å². The van der Waals surface area contributed by atoms with Gasteiger partial charge >= 0.3 is 0 Å². The molecule has 0 aromatic carbocycles. The van der Waals surface area contributed by atoms with E-state index in [1.54, 1.807) is 5.57 Å². The van der Waals surface area contributed by atoms with Gasteiger partial charge in [0.05, 0.1) is 0 Å². The van der Waals surface area contributed by atoms with Crippen molar-refractivity contribution < 1.29 is 0 Å². The van der Waals surface area contributed by atoms with Crippen LogP contribution in [0.2, 0.25) is 0 Å². The number of alkyl halides is 1. The van der Waals surface area contributed by atoms with Crippen LogP contribution in [0, 0.1) is 11.8 Å². The van der Waals surface area contributed by atoms with Gasteiger partial charge in [0.2, 0.25) is 0 Å². The summed E-state index contributed by atoms with van der Waals surface area (Å²) >= 11 is 3.59. The van der Waals surface area contributed by atoms with Crippen LogP contribution in [0.25, 0.3) is 0 Å². The normalized spacial score (nSPS) is 36.6. The highest BCUT2D eigenvalue weighted by atomic mass is 79.9. The van der Waals surface area contributed by atoms with E-state index in [0.29, 0.717) is 0 Å². The van der Waals surface area contributed by atoms with Gasteiger partial charge in [-0.15, -0.1) is 0 Å². The van der Waals surface area contributed by atoms with Crippen molar-refractivity contribution >= 4 is 15.9 Å². The van der Waals surface area contributed by atoms with E-state index in [2.05, 4.69) is 22.0 Å². The largest absolute Gasteiger partial charge is 0.0925 e. The van der Waals surface area contributed by atoms with Crippen LogP contribution >= 0.6 is 15.9 Å². The molecule has 0 aliphatic heterocycles. The van der Waals surface area contributed by atoms with E-state index in [1.807, 2.05) is 0 Å². The van der Waals surface area contributed by atoms with Crippen molar-refractivity contribution in [1.82, 2.24) is 0 Å². The molecule has 0 amide bonds. The molecule has 2 atom stereocenters. The molecular formula is C10H15Br. The predicted molar refractivity (Wildman–Crippen MR) is 51.9 cm³/mol. The maximum absolute atomic E-state index is 3.59. The van der Waals surface area contributed by atoms with Crippen LogP contribution < -0.4 is 0 Å². The average molecular weight is 215 g/mol. The lowest BCUT2D eigenvalue weighted by Gasteiger charge is -2.33. The molecule has 1 saturated carbocycles. The minimum atomic E-state index is 0.945. The second kappa shape index (κ2) is 3.30. The molecule has 0 N–H and O–H groups in total. The Bertz CT molecular complexity index is 172. The topological polar surface area (TPSA) is 0 Å². The molecule has 1 fully saturated rings. The lowest BCUT2D eigenvalue weighted by molar-refractivity contribution is 0.311. The second-order valence-corrected chi connectivity index (χ2v) is 4.62. The molecule has 11 heavy (non-hydrogen) atoms. The Balaban J connectivity index is 2.06. The molecule has 0 saturated heterocycles. The minimum Gasteiger partial charge on any atom is -0.0925 e. The zero-order chi connectivity index (χ0) is 7.68. The van der Waals surface area contributed by atoms with Crippen molar-refractivity contribution in [3.05, 3.63) is 11.6 Å². The summed E-state index contributed by atoms with van der Waals surface area (Å²) in [7, 11) is 0. The zero-order valence-electron chi connectivity index (χ0n) is 6.85. The molecule has 2 aliphatic carbocycles. The Hall–Kier alpha value is 0.220. The van der Waals surface area contributed by atoms with Crippen LogP contribution in [0.4, 0.5) is 0 Å². The van der Waals surface area contributed by atoms with Crippen LogP contribution in [0.3, 0.4) is 0 Å². The first-order valence-electron chi connectivity index (χ1n) is 4.62. The zero-order valence-corrected chi connectivity index (χ0v) is 8.44. The van der Waals surface area contributed by atoms with Crippen molar-refractivity contribution in [2.75, 3.05) is 5.33 Å². The Kier molecular flexibility index (Phi) is 2.36. The Morgan fingerprint density at radius 3 is 3.09 bits per heavy atom. The summed E-state index contributed by atoms with van der Waals surface area (Å²) in [5, 5.41) is 1.21. The van der Waals surface area contributed by atoms with Crippen LogP contribution in [-0.2, 0) is 0 Å². The summed E-state index contributed by atoms with van der Waals surface area (Å²) in [5.74, 6) is 1.98. The van der Waals surface area contributed by atoms with E-state index in [-0.39, 0.29) is 0 Å². The van der Waals surface area contributed by atoms with Crippen LogP contribution in [-0.4, -0.2) is 5.33 Å². The van der Waals surface area contributed by atoms with Crippen LogP contribution in [0.5, 0.6) is 0 Å². The van der Waals surface area contributed by atoms with Crippen molar-refractivity contribution in [3.63, 3.8) is 0 Å². The van der Waals surface area contributed by atoms with E-state index in [9.17, 15) is 0 Å². The molecule has 0 heterocycles. The number of allylic oxidation sites excluding steroid dienone is 2. The SMILES string of the molecule is BrCC1CC2=CCCC(C2)C1. The summed E-state index contributed by atoms with van der Waals surface area (Å²) < 4.78 is 0. The Labute approximate surface area is 77.2 Å². The summed E-state index contributed by atoms with van der Waals surface area (Å²) in [4.78, 5) is 0. The van der Waals surface area contributed by atoms with E-state index >= 15 is 0 Å². The molecule has 2 rings (SSSR count). The molecule has 2 unspecified atom stereocenters. The highest BCUT2D eigenvalue weighted by Crippen LogP contribution is 2.39.